The van der Waals surface area contributed by atoms with Crippen LogP contribution in [0.25, 0.3) is 0 Å². The van der Waals surface area contributed by atoms with Gasteiger partial charge in [0.05, 0.1) is 5.69 Å². The lowest BCUT2D eigenvalue weighted by Gasteiger charge is -2.08. The van der Waals surface area contributed by atoms with E-state index in [0.717, 1.165) is 25.6 Å². The molecule has 2 rings (SSSR count). The standard InChI is InChI=1S/C13H23N3/c1-3-14-8-13-10-16(15-11(13)2)9-12-6-4-5-7-12/h10,12,14H,3-9H2,1-2H3. The summed E-state index contributed by atoms with van der Waals surface area (Å²) < 4.78 is 2.15. The van der Waals surface area contributed by atoms with Crippen LogP contribution < -0.4 is 5.32 Å². The molecule has 1 heterocycles. The maximum atomic E-state index is 4.60. The number of hydrogen-bond donors (Lipinski definition) is 1. The van der Waals surface area contributed by atoms with E-state index >= 15 is 0 Å². The number of rotatable bonds is 5. The zero-order valence-corrected chi connectivity index (χ0v) is 10.5. The molecule has 0 aliphatic heterocycles. The van der Waals surface area contributed by atoms with Gasteiger partial charge in [-0.2, -0.15) is 5.10 Å². The minimum absolute atomic E-state index is 0.867. The monoisotopic (exact) mass is 221 g/mol. The molecule has 1 aromatic heterocycles. The fourth-order valence-corrected chi connectivity index (χ4v) is 2.54. The van der Waals surface area contributed by atoms with Gasteiger partial charge in [0.15, 0.2) is 0 Å². The highest BCUT2D eigenvalue weighted by molar-refractivity contribution is 5.15. The van der Waals surface area contributed by atoms with E-state index in [-0.39, 0.29) is 0 Å². The van der Waals surface area contributed by atoms with E-state index in [1.54, 1.807) is 0 Å². The van der Waals surface area contributed by atoms with Crippen molar-refractivity contribution in [3.8, 4) is 0 Å². The topological polar surface area (TPSA) is 29.9 Å². The second-order valence-corrected chi connectivity index (χ2v) is 4.89. The smallest absolute Gasteiger partial charge is 0.0638 e. The van der Waals surface area contributed by atoms with Crippen molar-refractivity contribution in [3.05, 3.63) is 17.5 Å². The highest BCUT2D eigenvalue weighted by atomic mass is 15.3. The minimum Gasteiger partial charge on any atom is -0.313 e. The largest absolute Gasteiger partial charge is 0.313 e. The number of nitrogens with zero attached hydrogens (tertiary/aromatic N) is 2. The van der Waals surface area contributed by atoms with Gasteiger partial charge in [0, 0.05) is 24.8 Å². The molecule has 0 bridgehead atoms. The summed E-state index contributed by atoms with van der Waals surface area (Å²) >= 11 is 0. The van der Waals surface area contributed by atoms with Crippen molar-refractivity contribution >= 4 is 0 Å². The zero-order valence-electron chi connectivity index (χ0n) is 10.5. The van der Waals surface area contributed by atoms with Crippen LogP contribution >= 0.6 is 0 Å². The SMILES string of the molecule is CCNCc1cn(CC2CCCC2)nc1C. The van der Waals surface area contributed by atoms with Gasteiger partial charge in [-0.1, -0.05) is 19.8 Å². The van der Waals surface area contributed by atoms with Crippen molar-refractivity contribution < 1.29 is 0 Å². The van der Waals surface area contributed by atoms with Crippen molar-refractivity contribution in [2.24, 2.45) is 5.92 Å². The Morgan fingerprint density at radius 1 is 1.44 bits per heavy atom. The molecule has 0 saturated heterocycles. The number of aryl methyl sites for hydroxylation is 1. The van der Waals surface area contributed by atoms with Crippen LogP contribution in [-0.2, 0) is 13.1 Å². The van der Waals surface area contributed by atoms with Gasteiger partial charge in [-0.3, -0.25) is 4.68 Å². The van der Waals surface area contributed by atoms with Gasteiger partial charge in [0.1, 0.15) is 0 Å². The molecule has 0 radical (unpaired) electrons. The lowest BCUT2D eigenvalue weighted by molar-refractivity contribution is 0.427. The van der Waals surface area contributed by atoms with Crippen molar-refractivity contribution in [2.75, 3.05) is 6.54 Å². The van der Waals surface area contributed by atoms with Crippen LogP contribution in [0.1, 0.15) is 43.9 Å². The van der Waals surface area contributed by atoms with E-state index in [0.29, 0.717) is 0 Å². The van der Waals surface area contributed by atoms with Crippen LogP contribution in [0, 0.1) is 12.8 Å². The van der Waals surface area contributed by atoms with Crippen molar-refractivity contribution in [1.29, 1.82) is 0 Å². The highest BCUT2D eigenvalue weighted by Gasteiger charge is 2.16. The summed E-state index contributed by atoms with van der Waals surface area (Å²) in [6, 6.07) is 0. The molecule has 1 saturated carbocycles. The van der Waals surface area contributed by atoms with Gasteiger partial charge in [-0.15, -0.1) is 0 Å². The molecule has 1 aliphatic carbocycles. The fraction of sp³-hybridized carbons (Fsp3) is 0.769. The van der Waals surface area contributed by atoms with E-state index in [2.05, 4.69) is 35.1 Å². The van der Waals surface area contributed by atoms with Gasteiger partial charge < -0.3 is 5.32 Å². The molecular formula is C13H23N3. The summed E-state index contributed by atoms with van der Waals surface area (Å²) in [7, 11) is 0. The van der Waals surface area contributed by atoms with E-state index < -0.39 is 0 Å². The molecule has 3 nitrogen and oxygen atoms in total. The molecule has 1 N–H and O–H groups in total. The Kier molecular flexibility index (Phi) is 3.99. The van der Waals surface area contributed by atoms with Crippen LogP contribution in [0.4, 0.5) is 0 Å². The van der Waals surface area contributed by atoms with Gasteiger partial charge in [0.2, 0.25) is 0 Å². The second kappa shape index (κ2) is 5.48. The summed E-state index contributed by atoms with van der Waals surface area (Å²) in [6.07, 6.45) is 7.82. The molecule has 0 aromatic carbocycles. The average Bonchev–Trinajstić information content (AvgIpc) is 2.86. The molecule has 16 heavy (non-hydrogen) atoms. The second-order valence-electron chi connectivity index (χ2n) is 4.89. The third-order valence-corrected chi connectivity index (χ3v) is 3.53. The average molecular weight is 221 g/mol. The van der Waals surface area contributed by atoms with Gasteiger partial charge in [-0.25, -0.2) is 0 Å². The molecule has 90 valence electrons. The Labute approximate surface area is 98.2 Å². The summed E-state index contributed by atoms with van der Waals surface area (Å²) in [5.41, 5.74) is 2.53. The van der Waals surface area contributed by atoms with Gasteiger partial charge in [-0.05, 0) is 32.2 Å². The molecule has 0 spiro atoms. The molecule has 3 heteroatoms. The first-order valence-electron chi connectivity index (χ1n) is 6.53. The van der Waals surface area contributed by atoms with Gasteiger partial charge in [0.25, 0.3) is 0 Å². The number of hydrogen-bond acceptors (Lipinski definition) is 2. The first-order chi connectivity index (χ1) is 7.79. The maximum Gasteiger partial charge on any atom is 0.0638 e. The van der Waals surface area contributed by atoms with Crippen LogP contribution in [0.15, 0.2) is 6.20 Å². The van der Waals surface area contributed by atoms with E-state index in [1.165, 1.54) is 36.9 Å². The molecule has 0 amide bonds. The lowest BCUT2D eigenvalue weighted by atomic mass is 10.1. The van der Waals surface area contributed by atoms with Crippen molar-refractivity contribution in [1.82, 2.24) is 15.1 Å². The molecular weight excluding hydrogens is 198 g/mol. The number of nitrogens with one attached hydrogen (secondary N) is 1. The summed E-state index contributed by atoms with van der Waals surface area (Å²) in [4.78, 5) is 0. The van der Waals surface area contributed by atoms with E-state index in [1.807, 2.05) is 0 Å². The zero-order chi connectivity index (χ0) is 11.4. The highest BCUT2D eigenvalue weighted by Crippen LogP contribution is 2.26. The first-order valence-corrected chi connectivity index (χ1v) is 6.53. The predicted molar refractivity (Wildman–Crippen MR) is 66.3 cm³/mol. The molecule has 1 aliphatic rings. The Bertz CT molecular complexity index is 324. The Morgan fingerprint density at radius 2 is 2.19 bits per heavy atom. The molecule has 1 fully saturated rings. The summed E-state index contributed by atoms with van der Waals surface area (Å²) in [5.74, 6) is 0.867. The van der Waals surface area contributed by atoms with Crippen LogP contribution in [0.5, 0.6) is 0 Å². The Balaban J connectivity index is 1.93. The van der Waals surface area contributed by atoms with Gasteiger partial charge >= 0.3 is 0 Å². The van der Waals surface area contributed by atoms with Crippen LogP contribution in [-0.4, -0.2) is 16.3 Å². The van der Waals surface area contributed by atoms with E-state index in [4.69, 9.17) is 0 Å². The first kappa shape index (κ1) is 11.6. The minimum atomic E-state index is 0.867. The van der Waals surface area contributed by atoms with Crippen LogP contribution in [0.2, 0.25) is 0 Å². The quantitative estimate of drug-likeness (QED) is 0.828. The third kappa shape index (κ3) is 2.85. The van der Waals surface area contributed by atoms with E-state index in [9.17, 15) is 0 Å². The van der Waals surface area contributed by atoms with Crippen molar-refractivity contribution in [3.63, 3.8) is 0 Å². The normalized spacial score (nSPS) is 17.1. The Hall–Kier alpha value is -0.830. The number of aromatic nitrogens is 2. The summed E-state index contributed by atoms with van der Waals surface area (Å²) in [5, 5.41) is 7.96. The molecule has 0 atom stereocenters. The molecule has 0 unspecified atom stereocenters. The lowest BCUT2D eigenvalue weighted by Crippen LogP contribution is -2.12. The third-order valence-electron chi connectivity index (χ3n) is 3.53. The Morgan fingerprint density at radius 3 is 2.88 bits per heavy atom. The molecule has 1 aromatic rings. The fourth-order valence-electron chi connectivity index (χ4n) is 2.54. The summed E-state index contributed by atoms with van der Waals surface area (Å²) in [6.45, 7) is 7.34. The maximum absolute atomic E-state index is 4.60. The predicted octanol–water partition coefficient (Wildman–Crippen LogP) is 2.49. The van der Waals surface area contributed by atoms with Crippen molar-refractivity contribution in [2.45, 2.75) is 52.6 Å². The van der Waals surface area contributed by atoms with Crippen LogP contribution in [0.3, 0.4) is 0 Å².